The van der Waals surface area contributed by atoms with Crippen LogP contribution < -0.4 is 4.90 Å². The van der Waals surface area contributed by atoms with Crippen molar-refractivity contribution >= 4 is 33.5 Å². The Kier molecular flexibility index (Phi) is 13.9. The Hall–Kier alpha value is -1.89. The molecule has 0 aliphatic heterocycles. The molecule has 1 nitrogen and oxygen atoms in total. The van der Waals surface area contributed by atoms with E-state index in [-0.39, 0.29) is 0 Å². The fraction of sp³-hybridized carbons (Fsp3) is 0.200. The van der Waals surface area contributed by atoms with Crippen LogP contribution in [0.3, 0.4) is 0 Å². The van der Waals surface area contributed by atoms with E-state index in [1.807, 2.05) is 20.2 Å². The Labute approximate surface area is 142 Å². The van der Waals surface area contributed by atoms with E-state index < -0.39 is 21.8 Å². The van der Waals surface area contributed by atoms with Gasteiger partial charge in [-0.05, 0) is 17.7 Å². The van der Waals surface area contributed by atoms with Gasteiger partial charge in [-0.3, -0.25) is 0 Å². The minimum Gasteiger partial charge on any atom is -0.418 e. The van der Waals surface area contributed by atoms with Gasteiger partial charge in [0.05, 0.1) is 0 Å². The van der Waals surface area contributed by atoms with Gasteiger partial charge >= 0.3 is 21.8 Å². The van der Waals surface area contributed by atoms with Crippen LogP contribution in [-0.2, 0) is 0 Å². The molecule has 0 unspecified atom stereocenters. The van der Waals surface area contributed by atoms with Crippen molar-refractivity contribution in [2.75, 3.05) is 19.0 Å². The summed E-state index contributed by atoms with van der Waals surface area (Å²) in [7, 11) is -13.9. The first-order valence-electron chi connectivity index (χ1n) is 6.25. The zero-order valence-electron chi connectivity index (χ0n) is 13.3. The predicted octanol–water partition coefficient (Wildman–Crippen LogP) is 6.30. The lowest BCUT2D eigenvalue weighted by atomic mass is 10.2. The van der Waals surface area contributed by atoms with Gasteiger partial charge in [-0.15, -0.1) is 0 Å². The molecule has 0 spiro atoms. The maximum absolute atomic E-state index is 9.75. The number of hydrogen-bond donors (Lipinski definition) is 0. The molecule has 16 heteroatoms. The smallest absolute Gasteiger partial charge is 0.418 e. The van der Waals surface area contributed by atoms with E-state index in [0.717, 1.165) is 5.56 Å². The molecule has 0 N–H and O–H groups in total. The van der Waals surface area contributed by atoms with Crippen molar-refractivity contribution in [2.24, 2.45) is 0 Å². The molecular formula is C10H13B3F12N-3. The fourth-order valence-corrected chi connectivity index (χ4v) is 0.909. The molecule has 1 aromatic rings. The zero-order chi connectivity index (χ0) is 21.8. The Balaban J connectivity index is -0.000000300. The summed E-state index contributed by atoms with van der Waals surface area (Å²) in [6, 6.07) is 8.28. The normalized spacial score (nSPS) is 10.8. The third kappa shape index (κ3) is 49.5. The number of anilines is 1. The van der Waals surface area contributed by atoms with Crippen LogP contribution in [0.25, 0.3) is 6.08 Å². The predicted molar refractivity (Wildman–Crippen MR) is 81.4 cm³/mol. The van der Waals surface area contributed by atoms with E-state index in [9.17, 15) is 51.8 Å². The van der Waals surface area contributed by atoms with E-state index in [2.05, 4.69) is 35.7 Å². The largest absolute Gasteiger partial charge is 0.673 e. The molecule has 0 bridgehead atoms. The van der Waals surface area contributed by atoms with Gasteiger partial charge < -0.3 is 56.7 Å². The average molecular weight is 408 g/mol. The third-order valence-corrected chi connectivity index (χ3v) is 1.65. The summed E-state index contributed by atoms with van der Waals surface area (Å²) < 4.78 is 117. The van der Waals surface area contributed by atoms with Crippen LogP contribution in [0.1, 0.15) is 5.56 Å². The van der Waals surface area contributed by atoms with Crippen LogP contribution in [-0.4, -0.2) is 35.9 Å². The summed E-state index contributed by atoms with van der Waals surface area (Å²) in [6.07, 6.45) is 1.85. The van der Waals surface area contributed by atoms with Gasteiger partial charge in [-0.2, -0.15) is 0 Å². The van der Waals surface area contributed by atoms with Crippen molar-refractivity contribution < 1.29 is 51.8 Å². The number of halogens is 12. The summed E-state index contributed by atoms with van der Waals surface area (Å²) in [5, 5.41) is 0. The average Bonchev–Trinajstić information content (AvgIpc) is 2.32. The van der Waals surface area contributed by atoms with E-state index >= 15 is 0 Å². The number of hydrogen-bond acceptors (Lipinski definition) is 1. The number of nitrogens with zero attached hydrogens (tertiary/aromatic N) is 1. The topological polar surface area (TPSA) is 3.24 Å². The first-order valence-corrected chi connectivity index (χ1v) is 6.25. The Morgan fingerprint density at radius 2 is 0.885 bits per heavy atom. The highest BCUT2D eigenvalue weighted by atomic mass is 19.5. The summed E-state index contributed by atoms with van der Waals surface area (Å²) in [5.41, 5.74) is 2.38. The van der Waals surface area contributed by atoms with Crippen LogP contribution in [0, 0.1) is 0 Å². The Bertz CT molecular complexity index is 433. The molecular weight excluding hydrogens is 395 g/mol. The highest BCUT2D eigenvalue weighted by molar-refractivity contribution is 6.50. The van der Waals surface area contributed by atoms with Gasteiger partial charge in [0, 0.05) is 19.8 Å². The highest BCUT2D eigenvalue weighted by Gasteiger charge is 2.21. The second-order valence-corrected chi connectivity index (χ2v) is 4.17. The van der Waals surface area contributed by atoms with Gasteiger partial charge in [0.15, 0.2) is 0 Å². The van der Waals surface area contributed by atoms with E-state index in [0.29, 0.717) is 0 Å². The van der Waals surface area contributed by atoms with Gasteiger partial charge in [0.2, 0.25) is 0 Å². The molecule has 0 aromatic heterocycles. The van der Waals surface area contributed by atoms with Gasteiger partial charge in [0.1, 0.15) is 0 Å². The van der Waals surface area contributed by atoms with Crippen LogP contribution in [0.5, 0.6) is 0 Å². The second-order valence-electron chi connectivity index (χ2n) is 4.17. The molecule has 0 heterocycles. The highest BCUT2D eigenvalue weighted by Crippen LogP contribution is 2.12. The molecule has 154 valence electrons. The SMILES string of the molecule is C=Cc1ccc(N(C)C)cc1.F[B-](F)(F)F.F[B-](F)(F)F.F[B-](F)(F)F. The molecule has 0 fully saturated rings. The summed E-state index contributed by atoms with van der Waals surface area (Å²) in [4.78, 5) is 2.08. The van der Waals surface area contributed by atoms with Gasteiger partial charge in [0.25, 0.3) is 0 Å². The maximum Gasteiger partial charge on any atom is 0.673 e. The Morgan fingerprint density at radius 1 is 0.654 bits per heavy atom. The Morgan fingerprint density at radius 3 is 1.04 bits per heavy atom. The third-order valence-electron chi connectivity index (χ3n) is 1.65. The van der Waals surface area contributed by atoms with Crippen LogP contribution >= 0.6 is 0 Å². The van der Waals surface area contributed by atoms with E-state index in [1.54, 1.807) is 0 Å². The van der Waals surface area contributed by atoms with Crippen molar-refractivity contribution in [3.8, 4) is 0 Å². The van der Waals surface area contributed by atoms with Crippen molar-refractivity contribution in [2.45, 2.75) is 0 Å². The molecule has 0 atom stereocenters. The van der Waals surface area contributed by atoms with Crippen molar-refractivity contribution in [1.82, 2.24) is 0 Å². The monoisotopic (exact) mass is 408 g/mol. The molecule has 0 radical (unpaired) electrons. The van der Waals surface area contributed by atoms with Crippen LogP contribution in [0.2, 0.25) is 0 Å². The van der Waals surface area contributed by atoms with Crippen LogP contribution in [0.4, 0.5) is 57.5 Å². The number of rotatable bonds is 2. The first-order chi connectivity index (χ1) is 11.2. The van der Waals surface area contributed by atoms with E-state index in [4.69, 9.17) is 0 Å². The second kappa shape index (κ2) is 12.5. The lowest BCUT2D eigenvalue weighted by Crippen LogP contribution is -2.07. The standard InChI is InChI=1S/C10H13N.3BF4/c1-4-9-5-7-10(8-6-9)11(2)3;3*2-1(3,4)5/h4-8H,1H2,2-3H3;;;/q;3*-1. The lowest BCUT2D eigenvalue weighted by Gasteiger charge is -2.11. The van der Waals surface area contributed by atoms with Gasteiger partial charge in [-0.25, -0.2) is 0 Å². The van der Waals surface area contributed by atoms with Gasteiger partial charge in [-0.1, -0.05) is 24.8 Å². The summed E-state index contributed by atoms with van der Waals surface area (Å²) in [6.45, 7) is 3.69. The molecule has 0 amide bonds. The molecule has 1 aromatic carbocycles. The fourth-order valence-electron chi connectivity index (χ4n) is 0.909. The quantitative estimate of drug-likeness (QED) is 0.411. The zero-order valence-corrected chi connectivity index (χ0v) is 13.3. The first kappa shape index (κ1) is 28.9. The van der Waals surface area contributed by atoms with Crippen molar-refractivity contribution in [3.05, 3.63) is 36.4 Å². The van der Waals surface area contributed by atoms with Crippen molar-refractivity contribution in [3.63, 3.8) is 0 Å². The molecule has 0 aliphatic carbocycles. The van der Waals surface area contributed by atoms with Crippen LogP contribution in [0.15, 0.2) is 30.8 Å². The maximum atomic E-state index is 9.75. The molecule has 0 aliphatic rings. The minimum absolute atomic E-state index is 1.16. The summed E-state index contributed by atoms with van der Waals surface area (Å²) in [5.74, 6) is 0. The molecule has 0 saturated heterocycles. The van der Waals surface area contributed by atoms with Crippen molar-refractivity contribution in [1.29, 1.82) is 0 Å². The lowest BCUT2D eigenvalue weighted by molar-refractivity contribution is 0.366. The number of benzene rings is 1. The summed E-state index contributed by atoms with van der Waals surface area (Å²) >= 11 is 0. The molecule has 1 rings (SSSR count). The molecule has 0 saturated carbocycles. The molecule has 26 heavy (non-hydrogen) atoms. The minimum atomic E-state index is -6.00. The van der Waals surface area contributed by atoms with E-state index in [1.165, 1.54) is 5.69 Å².